The van der Waals surface area contributed by atoms with E-state index in [9.17, 15) is 19.1 Å². The Morgan fingerprint density at radius 3 is 2.47 bits per heavy atom. The molecule has 2 N–H and O–H groups in total. The molecule has 0 radical (unpaired) electrons. The van der Waals surface area contributed by atoms with Gasteiger partial charge in [0.05, 0.1) is 17.0 Å². The number of rotatable bonds is 6. The molecule has 3 aromatic rings. The number of hydrogen-bond acceptors (Lipinski definition) is 2. The lowest BCUT2D eigenvalue weighted by Crippen LogP contribution is -2.40. The van der Waals surface area contributed by atoms with E-state index in [0.29, 0.717) is 29.9 Å². The average molecular weight is 457 g/mol. The number of aromatic nitrogens is 1. The Kier molecular flexibility index (Phi) is 6.51. The van der Waals surface area contributed by atoms with Gasteiger partial charge in [0, 0.05) is 29.2 Å². The van der Waals surface area contributed by atoms with Gasteiger partial charge in [-0.15, -0.1) is 0 Å². The second kappa shape index (κ2) is 9.33. The third-order valence-corrected chi connectivity index (χ3v) is 6.81. The first-order chi connectivity index (χ1) is 15.3. The zero-order valence-corrected chi connectivity index (χ0v) is 18.6. The fraction of sp³-hybridized carbons (Fsp3) is 0.360. The van der Waals surface area contributed by atoms with Crippen molar-refractivity contribution in [2.75, 3.05) is 0 Å². The minimum atomic E-state index is -0.754. The minimum absolute atomic E-state index is 0.0348. The number of hydrogen-bond donors (Lipinski definition) is 2. The molecule has 1 heterocycles. The van der Waals surface area contributed by atoms with Crippen molar-refractivity contribution in [3.63, 3.8) is 0 Å². The smallest absolute Gasteiger partial charge is 0.306 e. The van der Waals surface area contributed by atoms with Gasteiger partial charge in [0.2, 0.25) is 0 Å². The van der Waals surface area contributed by atoms with Crippen molar-refractivity contribution >= 4 is 34.4 Å². The molecular weight excluding hydrogens is 431 g/mol. The topological polar surface area (TPSA) is 71.3 Å². The molecule has 7 heteroatoms. The van der Waals surface area contributed by atoms with Crippen molar-refractivity contribution in [1.29, 1.82) is 0 Å². The highest BCUT2D eigenvalue weighted by atomic mass is 35.5. The van der Waals surface area contributed by atoms with Crippen LogP contribution in [0.4, 0.5) is 4.39 Å². The maximum Gasteiger partial charge on any atom is 0.306 e. The van der Waals surface area contributed by atoms with Gasteiger partial charge in [-0.1, -0.05) is 23.7 Å². The first kappa shape index (κ1) is 22.3. The van der Waals surface area contributed by atoms with E-state index in [1.807, 2.05) is 35.9 Å². The summed E-state index contributed by atoms with van der Waals surface area (Å²) in [7, 11) is 0. The van der Waals surface area contributed by atoms with Gasteiger partial charge in [0.25, 0.3) is 5.91 Å². The van der Waals surface area contributed by atoms with Gasteiger partial charge in [-0.2, -0.15) is 0 Å². The van der Waals surface area contributed by atoms with Crippen LogP contribution >= 0.6 is 11.6 Å². The van der Waals surface area contributed by atoms with Crippen LogP contribution in [-0.2, 0) is 11.3 Å². The quantitative estimate of drug-likeness (QED) is 0.515. The minimum Gasteiger partial charge on any atom is -0.481 e. The molecule has 1 aliphatic carbocycles. The molecule has 0 spiro atoms. The monoisotopic (exact) mass is 456 g/mol. The molecule has 1 amide bonds. The van der Waals surface area contributed by atoms with Gasteiger partial charge in [0.1, 0.15) is 5.82 Å². The van der Waals surface area contributed by atoms with Crippen LogP contribution < -0.4 is 5.32 Å². The molecule has 5 nitrogen and oxygen atoms in total. The molecule has 32 heavy (non-hydrogen) atoms. The Balaban J connectivity index is 1.55. The van der Waals surface area contributed by atoms with Gasteiger partial charge in [0.15, 0.2) is 0 Å². The van der Waals surface area contributed by atoms with E-state index in [2.05, 4.69) is 5.32 Å². The average Bonchev–Trinajstić information content (AvgIpc) is 3.17. The van der Waals surface area contributed by atoms with Crippen molar-refractivity contribution in [3.8, 4) is 0 Å². The first-order valence-electron chi connectivity index (χ1n) is 10.9. The van der Waals surface area contributed by atoms with Crippen molar-refractivity contribution < 1.29 is 19.1 Å². The van der Waals surface area contributed by atoms with Crippen molar-refractivity contribution in [2.45, 2.75) is 45.2 Å². The summed E-state index contributed by atoms with van der Waals surface area (Å²) >= 11 is 5.97. The summed E-state index contributed by atoms with van der Waals surface area (Å²) in [6.07, 6.45) is 4.53. The highest BCUT2D eigenvalue weighted by molar-refractivity contribution is 6.30. The summed E-state index contributed by atoms with van der Waals surface area (Å²) in [5, 5.41) is 13.6. The SMILES string of the molecule is CC(NC(=O)c1c(F)ccc2ccn(Cc3ccc(Cl)cc3)c12)C1CCC(C(=O)O)CC1. The normalized spacial score (nSPS) is 19.6. The number of carboxylic acid groups (broad SMARTS) is 1. The maximum absolute atomic E-state index is 14.9. The predicted octanol–water partition coefficient (Wildman–Crippen LogP) is 5.49. The Hall–Kier alpha value is -2.86. The van der Waals surface area contributed by atoms with Gasteiger partial charge >= 0.3 is 5.97 Å². The number of amides is 1. The zero-order valence-electron chi connectivity index (χ0n) is 17.9. The Morgan fingerprint density at radius 1 is 1.12 bits per heavy atom. The van der Waals surface area contributed by atoms with E-state index in [4.69, 9.17) is 11.6 Å². The predicted molar refractivity (Wildman–Crippen MR) is 122 cm³/mol. The highest BCUT2D eigenvalue weighted by Gasteiger charge is 2.30. The summed E-state index contributed by atoms with van der Waals surface area (Å²) in [5.41, 5.74) is 1.58. The van der Waals surface area contributed by atoms with Crippen molar-refractivity contribution in [1.82, 2.24) is 9.88 Å². The molecule has 168 valence electrons. The zero-order chi connectivity index (χ0) is 22.8. The molecule has 0 bridgehead atoms. The second-order valence-electron chi connectivity index (χ2n) is 8.64. The van der Waals surface area contributed by atoms with Gasteiger partial charge in [-0.25, -0.2) is 4.39 Å². The van der Waals surface area contributed by atoms with Crippen LogP contribution in [0.3, 0.4) is 0 Å². The first-order valence-corrected chi connectivity index (χ1v) is 11.3. The molecule has 0 saturated heterocycles. The van der Waals surface area contributed by atoms with E-state index in [-0.39, 0.29) is 23.4 Å². The molecule has 1 aromatic heterocycles. The molecule has 1 aliphatic rings. The standard InChI is InChI=1S/C25H26ClFN2O3/c1-15(17-4-6-19(7-5-17)25(31)32)28-24(30)22-21(27)11-8-18-12-13-29(23(18)22)14-16-2-9-20(26)10-3-16/h2-3,8-13,15,17,19H,4-7,14H2,1H3,(H,28,30)(H,31,32). The van der Waals surface area contributed by atoms with Crippen molar-refractivity contribution in [3.05, 3.63) is 70.6 Å². The summed E-state index contributed by atoms with van der Waals surface area (Å²) < 4.78 is 16.8. The Labute approximate surface area is 191 Å². The molecule has 1 saturated carbocycles. The number of aliphatic carboxylic acids is 1. The molecule has 2 aromatic carbocycles. The summed E-state index contributed by atoms with van der Waals surface area (Å²) in [5.74, 6) is -1.89. The molecule has 1 unspecified atom stereocenters. The van der Waals surface area contributed by atoms with E-state index in [1.165, 1.54) is 6.07 Å². The molecule has 0 aliphatic heterocycles. The summed E-state index contributed by atoms with van der Waals surface area (Å²) in [6.45, 7) is 2.40. The number of nitrogens with zero attached hydrogens (tertiary/aromatic N) is 1. The molecular formula is C25H26ClFN2O3. The van der Waals surface area contributed by atoms with Crippen LogP contribution in [0.25, 0.3) is 10.9 Å². The van der Waals surface area contributed by atoms with E-state index in [0.717, 1.165) is 23.8 Å². The third kappa shape index (κ3) is 4.65. The number of carboxylic acids is 1. The van der Waals surface area contributed by atoms with E-state index >= 15 is 0 Å². The van der Waals surface area contributed by atoms with Crippen LogP contribution in [0.1, 0.15) is 48.5 Å². The van der Waals surface area contributed by atoms with Gasteiger partial charge in [-0.3, -0.25) is 9.59 Å². The fourth-order valence-corrected chi connectivity index (χ4v) is 4.79. The van der Waals surface area contributed by atoms with Crippen LogP contribution in [0.2, 0.25) is 5.02 Å². The van der Waals surface area contributed by atoms with E-state index < -0.39 is 17.7 Å². The molecule has 1 fully saturated rings. The number of halogens is 2. The number of nitrogens with one attached hydrogen (secondary N) is 1. The number of fused-ring (bicyclic) bond motifs is 1. The lowest BCUT2D eigenvalue weighted by atomic mass is 9.79. The molecule has 4 rings (SSSR count). The van der Waals surface area contributed by atoms with Crippen molar-refractivity contribution in [2.24, 2.45) is 11.8 Å². The highest BCUT2D eigenvalue weighted by Crippen LogP contribution is 2.31. The van der Waals surface area contributed by atoms with Gasteiger partial charge < -0.3 is 15.0 Å². The lowest BCUT2D eigenvalue weighted by Gasteiger charge is -2.31. The fourth-order valence-electron chi connectivity index (χ4n) is 4.67. The number of carbonyl (C=O) groups excluding carboxylic acids is 1. The second-order valence-corrected chi connectivity index (χ2v) is 9.08. The van der Waals surface area contributed by atoms with E-state index in [1.54, 1.807) is 18.2 Å². The van der Waals surface area contributed by atoms with Gasteiger partial charge in [-0.05, 0) is 74.4 Å². The lowest BCUT2D eigenvalue weighted by molar-refractivity contribution is -0.143. The summed E-state index contributed by atoms with van der Waals surface area (Å²) in [4.78, 5) is 24.4. The molecule has 1 atom stereocenters. The third-order valence-electron chi connectivity index (χ3n) is 6.56. The largest absolute Gasteiger partial charge is 0.481 e. The number of carbonyl (C=O) groups is 2. The number of benzene rings is 2. The van der Waals surface area contributed by atoms with Crippen LogP contribution in [-0.4, -0.2) is 27.6 Å². The summed E-state index contributed by atoms with van der Waals surface area (Å²) in [6, 6.07) is 12.1. The Bertz CT molecular complexity index is 1130. The maximum atomic E-state index is 14.9. The van der Waals surface area contributed by atoms with Crippen LogP contribution in [0.15, 0.2) is 48.7 Å². The Morgan fingerprint density at radius 2 is 1.81 bits per heavy atom. The van der Waals surface area contributed by atoms with Crippen LogP contribution in [0.5, 0.6) is 0 Å². The van der Waals surface area contributed by atoms with Crippen LogP contribution in [0, 0.1) is 17.7 Å².